The van der Waals surface area contributed by atoms with Gasteiger partial charge in [-0.2, -0.15) is 0 Å². The highest BCUT2D eigenvalue weighted by Gasteiger charge is 1.98. The zero-order chi connectivity index (χ0) is 11.1. The SMILES string of the molecule is Cc1cccc(C#CCCN=[N+]=[N-])c1Cl. The van der Waals surface area contributed by atoms with Crippen LogP contribution in [0.4, 0.5) is 0 Å². The van der Waals surface area contributed by atoms with E-state index < -0.39 is 0 Å². The molecule has 15 heavy (non-hydrogen) atoms. The average molecular weight is 220 g/mol. The number of nitrogens with zero attached hydrogens (tertiary/aromatic N) is 3. The fourth-order valence-electron chi connectivity index (χ4n) is 1.05. The Morgan fingerprint density at radius 2 is 2.33 bits per heavy atom. The summed E-state index contributed by atoms with van der Waals surface area (Å²) in [5.74, 6) is 5.85. The Morgan fingerprint density at radius 3 is 3.07 bits per heavy atom. The van der Waals surface area contributed by atoms with Crippen LogP contribution < -0.4 is 0 Å². The summed E-state index contributed by atoms with van der Waals surface area (Å²) in [5, 5.41) is 4.08. The van der Waals surface area contributed by atoms with Crippen LogP contribution in [0.2, 0.25) is 5.02 Å². The van der Waals surface area contributed by atoms with E-state index in [1.54, 1.807) is 0 Å². The monoisotopic (exact) mass is 219 g/mol. The van der Waals surface area contributed by atoms with Gasteiger partial charge in [-0.3, -0.25) is 0 Å². The van der Waals surface area contributed by atoms with Crippen molar-refractivity contribution in [2.24, 2.45) is 5.11 Å². The van der Waals surface area contributed by atoms with Gasteiger partial charge in [0.25, 0.3) is 0 Å². The number of rotatable bonds is 2. The van der Waals surface area contributed by atoms with Crippen molar-refractivity contribution < 1.29 is 0 Å². The molecule has 3 nitrogen and oxygen atoms in total. The van der Waals surface area contributed by atoms with E-state index in [1.165, 1.54) is 0 Å². The molecule has 0 aliphatic rings. The number of halogens is 1. The first-order valence-electron chi connectivity index (χ1n) is 4.50. The molecule has 0 aliphatic heterocycles. The van der Waals surface area contributed by atoms with Crippen LogP contribution in [0, 0.1) is 18.8 Å². The quantitative estimate of drug-likeness (QED) is 0.239. The van der Waals surface area contributed by atoms with Gasteiger partial charge in [-0.05, 0) is 24.1 Å². The van der Waals surface area contributed by atoms with Crippen molar-refractivity contribution >= 4 is 11.6 Å². The second kappa shape index (κ2) is 5.98. The summed E-state index contributed by atoms with van der Waals surface area (Å²) in [6, 6.07) is 5.72. The standard InChI is InChI=1S/C11H10ClN3/c1-9-5-4-7-10(11(9)12)6-2-3-8-14-15-13/h4-5,7H,3,8H2,1H3. The smallest absolute Gasteiger partial charge is 0.0591 e. The molecule has 0 aromatic heterocycles. The van der Waals surface area contributed by atoms with Crippen molar-refractivity contribution in [2.45, 2.75) is 13.3 Å². The molecule has 0 aliphatic carbocycles. The number of aryl methyl sites for hydroxylation is 1. The molecule has 0 N–H and O–H groups in total. The van der Waals surface area contributed by atoms with Crippen LogP contribution in [-0.2, 0) is 0 Å². The maximum atomic E-state index is 8.05. The van der Waals surface area contributed by atoms with Crippen molar-refractivity contribution in [1.82, 2.24) is 0 Å². The highest BCUT2D eigenvalue weighted by Crippen LogP contribution is 2.18. The number of benzene rings is 1. The number of hydrogen-bond donors (Lipinski definition) is 0. The molecule has 76 valence electrons. The minimum Gasteiger partial charge on any atom is -0.0977 e. The Hall–Kier alpha value is -1.62. The fourth-order valence-corrected chi connectivity index (χ4v) is 1.23. The third-order valence-corrected chi connectivity index (χ3v) is 2.32. The van der Waals surface area contributed by atoms with Gasteiger partial charge < -0.3 is 0 Å². The van der Waals surface area contributed by atoms with E-state index in [2.05, 4.69) is 21.9 Å². The van der Waals surface area contributed by atoms with Crippen molar-refractivity contribution in [3.63, 3.8) is 0 Å². The lowest BCUT2D eigenvalue weighted by Gasteiger charge is -1.98. The molecule has 4 heteroatoms. The summed E-state index contributed by atoms with van der Waals surface area (Å²) in [5.41, 5.74) is 9.88. The molecular weight excluding hydrogens is 210 g/mol. The second-order valence-corrected chi connectivity index (χ2v) is 3.32. The highest BCUT2D eigenvalue weighted by molar-refractivity contribution is 6.32. The predicted octanol–water partition coefficient (Wildman–Crippen LogP) is 3.70. The van der Waals surface area contributed by atoms with Gasteiger partial charge >= 0.3 is 0 Å². The van der Waals surface area contributed by atoms with E-state index in [9.17, 15) is 0 Å². The Kier molecular flexibility index (Phi) is 4.56. The van der Waals surface area contributed by atoms with Crippen molar-refractivity contribution in [3.05, 3.63) is 44.8 Å². The minimum atomic E-state index is 0.396. The largest absolute Gasteiger partial charge is 0.0977 e. The Morgan fingerprint density at radius 1 is 1.53 bits per heavy atom. The lowest BCUT2D eigenvalue weighted by molar-refractivity contribution is 1.01. The molecule has 1 aromatic carbocycles. The zero-order valence-electron chi connectivity index (χ0n) is 8.37. The molecule has 0 spiro atoms. The van der Waals surface area contributed by atoms with Crippen LogP contribution in [0.15, 0.2) is 23.3 Å². The average Bonchev–Trinajstić information content (AvgIpc) is 2.24. The normalized spacial score (nSPS) is 8.67. The molecular formula is C11H10ClN3. The third kappa shape index (κ3) is 3.55. The first kappa shape index (κ1) is 11.5. The van der Waals surface area contributed by atoms with E-state index in [1.807, 2.05) is 25.1 Å². The zero-order valence-corrected chi connectivity index (χ0v) is 9.12. The first-order chi connectivity index (χ1) is 7.25. The molecule has 0 heterocycles. The van der Waals surface area contributed by atoms with Gasteiger partial charge in [0.15, 0.2) is 0 Å². The fraction of sp³-hybridized carbons (Fsp3) is 0.273. The van der Waals surface area contributed by atoms with Gasteiger partial charge in [-0.15, -0.1) is 0 Å². The molecule has 1 aromatic rings. The van der Waals surface area contributed by atoms with E-state index in [0.29, 0.717) is 18.0 Å². The lowest BCUT2D eigenvalue weighted by atomic mass is 10.1. The topological polar surface area (TPSA) is 48.8 Å². The molecule has 0 bridgehead atoms. The maximum Gasteiger partial charge on any atom is 0.0591 e. The summed E-state index contributed by atoms with van der Waals surface area (Å²) in [6.45, 7) is 2.33. The van der Waals surface area contributed by atoms with Gasteiger partial charge in [-0.25, -0.2) is 0 Å². The predicted molar refractivity (Wildman–Crippen MR) is 61.7 cm³/mol. The van der Waals surface area contributed by atoms with Crippen LogP contribution in [0.3, 0.4) is 0 Å². The summed E-state index contributed by atoms with van der Waals surface area (Å²) in [4.78, 5) is 2.64. The Bertz CT molecular complexity index is 451. The highest BCUT2D eigenvalue weighted by atomic mass is 35.5. The second-order valence-electron chi connectivity index (χ2n) is 2.94. The van der Waals surface area contributed by atoms with Crippen LogP contribution in [-0.4, -0.2) is 6.54 Å². The Labute approximate surface area is 93.7 Å². The summed E-state index contributed by atoms with van der Waals surface area (Å²) in [6.07, 6.45) is 0.550. The molecule has 1 rings (SSSR count). The maximum absolute atomic E-state index is 8.05. The van der Waals surface area contributed by atoms with E-state index >= 15 is 0 Å². The molecule has 0 radical (unpaired) electrons. The van der Waals surface area contributed by atoms with E-state index in [4.69, 9.17) is 17.1 Å². The number of hydrogen-bond acceptors (Lipinski definition) is 1. The van der Waals surface area contributed by atoms with Crippen molar-refractivity contribution in [1.29, 1.82) is 0 Å². The van der Waals surface area contributed by atoms with Gasteiger partial charge in [0.05, 0.1) is 5.02 Å². The van der Waals surface area contributed by atoms with E-state index in [0.717, 1.165) is 11.1 Å². The van der Waals surface area contributed by atoms with Crippen molar-refractivity contribution in [3.8, 4) is 11.8 Å². The third-order valence-electron chi connectivity index (χ3n) is 1.81. The minimum absolute atomic E-state index is 0.396. The summed E-state index contributed by atoms with van der Waals surface area (Å²) in [7, 11) is 0. The van der Waals surface area contributed by atoms with Crippen LogP contribution >= 0.6 is 11.6 Å². The molecule has 0 saturated carbocycles. The van der Waals surface area contributed by atoms with Crippen molar-refractivity contribution in [2.75, 3.05) is 6.54 Å². The molecule has 0 amide bonds. The van der Waals surface area contributed by atoms with Crippen LogP contribution in [0.25, 0.3) is 10.4 Å². The molecule has 0 unspecified atom stereocenters. The van der Waals surface area contributed by atoms with Gasteiger partial charge in [0, 0.05) is 23.4 Å². The van der Waals surface area contributed by atoms with Crippen LogP contribution in [0.1, 0.15) is 17.5 Å². The lowest BCUT2D eigenvalue weighted by Crippen LogP contribution is -1.81. The molecule has 0 atom stereocenters. The first-order valence-corrected chi connectivity index (χ1v) is 4.88. The Balaban J connectivity index is 2.71. The van der Waals surface area contributed by atoms with Gasteiger partial charge in [0.2, 0.25) is 0 Å². The van der Waals surface area contributed by atoms with E-state index in [-0.39, 0.29) is 0 Å². The molecule has 0 fully saturated rings. The summed E-state index contributed by atoms with van der Waals surface area (Å²) >= 11 is 6.05. The van der Waals surface area contributed by atoms with Gasteiger partial charge in [0.1, 0.15) is 0 Å². The number of azide groups is 1. The van der Waals surface area contributed by atoms with Crippen LogP contribution in [0.5, 0.6) is 0 Å². The summed E-state index contributed by atoms with van der Waals surface area (Å²) < 4.78 is 0. The molecule has 0 saturated heterocycles. The van der Waals surface area contributed by atoms with Gasteiger partial charge in [-0.1, -0.05) is 40.7 Å².